The van der Waals surface area contributed by atoms with Crippen molar-refractivity contribution >= 4 is 11.6 Å². The summed E-state index contributed by atoms with van der Waals surface area (Å²) in [7, 11) is 0. The maximum absolute atomic E-state index is 5.51. The van der Waals surface area contributed by atoms with E-state index in [4.69, 9.17) is 5.73 Å². The average molecular weight is 220 g/mol. The fraction of sp³-hybridized carbons (Fsp3) is 0.667. The quantitative estimate of drug-likeness (QED) is 0.803. The maximum atomic E-state index is 5.51. The van der Waals surface area contributed by atoms with Gasteiger partial charge in [0.15, 0.2) is 0 Å². The Kier molecular flexibility index (Phi) is 2.99. The lowest BCUT2D eigenvalue weighted by molar-refractivity contribution is 0.216. The Balaban J connectivity index is 2.05. The first-order chi connectivity index (χ1) is 7.58. The number of anilines is 2. The molecule has 88 valence electrons. The first-order valence-corrected chi connectivity index (χ1v) is 5.94. The van der Waals surface area contributed by atoms with Crippen LogP contribution in [-0.4, -0.2) is 16.2 Å². The van der Waals surface area contributed by atoms with E-state index in [1.54, 1.807) is 6.07 Å². The van der Waals surface area contributed by atoms with Crippen LogP contribution < -0.4 is 11.1 Å². The van der Waals surface area contributed by atoms with Gasteiger partial charge < -0.3 is 11.1 Å². The fourth-order valence-corrected chi connectivity index (χ4v) is 2.36. The van der Waals surface area contributed by atoms with Crippen LogP contribution in [0.3, 0.4) is 0 Å². The van der Waals surface area contributed by atoms with Gasteiger partial charge >= 0.3 is 0 Å². The van der Waals surface area contributed by atoms with Crippen molar-refractivity contribution in [2.75, 3.05) is 11.1 Å². The molecule has 0 amide bonds. The molecule has 1 atom stereocenters. The Labute approximate surface area is 96.6 Å². The molecule has 1 aromatic rings. The molecule has 1 unspecified atom stereocenters. The van der Waals surface area contributed by atoms with Crippen molar-refractivity contribution in [3.8, 4) is 0 Å². The topological polar surface area (TPSA) is 63.8 Å². The highest BCUT2D eigenvalue weighted by Crippen LogP contribution is 2.36. The van der Waals surface area contributed by atoms with E-state index in [2.05, 4.69) is 29.4 Å². The van der Waals surface area contributed by atoms with Crippen LogP contribution in [0.1, 0.15) is 39.5 Å². The van der Waals surface area contributed by atoms with E-state index in [-0.39, 0.29) is 0 Å². The normalized spacial score (nSPS) is 24.0. The third kappa shape index (κ3) is 2.43. The predicted octanol–water partition coefficient (Wildman–Crippen LogP) is 2.44. The Morgan fingerprint density at radius 3 is 2.75 bits per heavy atom. The summed E-state index contributed by atoms with van der Waals surface area (Å²) in [6.45, 7) is 4.63. The highest BCUT2D eigenvalue weighted by atomic mass is 15.2. The van der Waals surface area contributed by atoms with Gasteiger partial charge in [-0.15, -0.1) is 10.2 Å². The van der Waals surface area contributed by atoms with Crippen LogP contribution in [-0.2, 0) is 0 Å². The Bertz CT molecular complexity index is 345. The molecule has 0 bridgehead atoms. The molecule has 0 saturated heterocycles. The largest absolute Gasteiger partial charge is 0.382 e. The van der Waals surface area contributed by atoms with E-state index in [1.807, 2.05) is 6.07 Å². The first-order valence-electron chi connectivity index (χ1n) is 5.94. The van der Waals surface area contributed by atoms with Crippen LogP contribution >= 0.6 is 0 Å². The molecule has 2 rings (SSSR count). The van der Waals surface area contributed by atoms with Crippen molar-refractivity contribution in [3.63, 3.8) is 0 Å². The van der Waals surface area contributed by atoms with Gasteiger partial charge in [0.1, 0.15) is 11.6 Å². The van der Waals surface area contributed by atoms with Gasteiger partial charge in [-0.1, -0.05) is 26.7 Å². The molecule has 1 aliphatic rings. The van der Waals surface area contributed by atoms with Crippen LogP contribution in [0, 0.1) is 5.41 Å². The number of rotatable bonds is 2. The minimum Gasteiger partial charge on any atom is -0.382 e. The van der Waals surface area contributed by atoms with Crippen molar-refractivity contribution in [3.05, 3.63) is 12.1 Å². The van der Waals surface area contributed by atoms with Crippen LogP contribution in [0.15, 0.2) is 12.1 Å². The molecule has 4 nitrogen and oxygen atoms in total. The number of nitrogens with one attached hydrogen (secondary N) is 1. The highest BCUT2D eigenvalue weighted by molar-refractivity contribution is 5.39. The molecule has 0 spiro atoms. The zero-order chi connectivity index (χ0) is 11.6. The van der Waals surface area contributed by atoms with Gasteiger partial charge in [0.2, 0.25) is 0 Å². The summed E-state index contributed by atoms with van der Waals surface area (Å²) in [6, 6.07) is 4.16. The van der Waals surface area contributed by atoms with Crippen molar-refractivity contribution in [2.24, 2.45) is 5.41 Å². The predicted molar refractivity (Wildman–Crippen MR) is 66.1 cm³/mol. The number of hydrogen-bond acceptors (Lipinski definition) is 4. The molecular weight excluding hydrogens is 200 g/mol. The van der Waals surface area contributed by atoms with Gasteiger partial charge in [-0.05, 0) is 30.4 Å². The summed E-state index contributed by atoms with van der Waals surface area (Å²) < 4.78 is 0. The lowest BCUT2D eigenvalue weighted by atomic mass is 9.73. The molecule has 0 aliphatic heterocycles. The van der Waals surface area contributed by atoms with Gasteiger partial charge in [0, 0.05) is 6.04 Å². The second kappa shape index (κ2) is 4.28. The zero-order valence-electron chi connectivity index (χ0n) is 10.0. The molecule has 1 aliphatic carbocycles. The second-order valence-corrected chi connectivity index (χ2v) is 5.27. The van der Waals surface area contributed by atoms with Crippen molar-refractivity contribution in [1.82, 2.24) is 10.2 Å². The standard InChI is InChI=1S/C12H20N4/c1-12(2)8-4-3-5-9(12)14-11-7-6-10(13)15-16-11/h6-7,9H,3-5,8H2,1-2H3,(H2,13,15)(H,14,16). The summed E-state index contributed by atoms with van der Waals surface area (Å²) >= 11 is 0. The first kappa shape index (κ1) is 11.2. The van der Waals surface area contributed by atoms with Crippen molar-refractivity contribution in [1.29, 1.82) is 0 Å². The van der Waals surface area contributed by atoms with Gasteiger partial charge in [-0.2, -0.15) is 0 Å². The number of aromatic nitrogens is 2. The molecule has 1 fully saturated rings. The van der Waals surface area contributed by atoms with E-state index in [0.717, 1.165) is 5.82 Å². The van der Waals surface area contributed by atoms with Gasteiger partial charge in [-0.25, -0.2) is 0 Å². The maximum Gasteiger partial charge on any atom is 0.149 e. The zero-order valence-corrected chi connectivity index (χ0v) is 10.0. The van der Waals surface area contributed by atoms with Crippen molar-refractivity contribution < 1.29 is 0 Å². The minimum atomic E-state index is 0.335. The highest BCUT2D eigenvalue weighted by Gasteiger charge is 2.32. The van der Waals surface area contributed by atoms with Gasteiger partial charge in [0.25, 0.3) is 0 Å². The summed E-state index contributed by atoms with van der Waals surface area (Å²) in [5.41, 5.74) is 5.85. The van der Waals surface area contributed by atoms with Gasteiger partial charge in [0.05, 0.1) is 0 Å². The number of nitrogen functional groups attached to an aromatic ring is 1. The molecule has 1 heterocycles. The van der Waals surface area contributed by atoms with Crippen LogP contribution in [0.25, 0.3) is 0 Å². The monoisotopic (exact) mass is 220 g/mol. The second-order valence-electron chi connectivity index (χ2n) is 5.27. The van der Waals surface area contributed by atoms with Crippen LogP contribution in [0.4, 0.5) is 11.6 Å². The molecule has 4 heteroatoms. The Morgan fingerprint density at radius 1 is 1.31 bits per heavy atom. The van der Waals surface area contributed by atoms with E-state index in [0.29, 0.717) is 17.3 Å². The molecule has 3 N–H and O–H groups in total. The average Bonchev–Trinajstić information content (AvgIpc) is 2.24. The Morgan fingerprint density at radius 2 is 2.12 bits per heavy atom. The van der Waals surface area contributed by atoms with Crippen LogP contribution in [0.2, 0.25) is 0 Å². The Hall–Kier alpha value is -1.32. The molecule has 16 heavy (non-hydrogen) atoms. The summed E-state index contributed by atoms with van der Waals surface area (Å²) in [4.78, 5) is 0. The number of nitrogens with zero attached hydrogens (tertiary/aromatic N) is 2. The molecule has 1 saturated carbocycles. The van der Waals surface area contributed by atoms with E-state index in [9.17, 15) is 0 Å². The third-order valence-corrected chi connectivity index (χ3v) is 3.51. The molecule has 1 aromatic heterocycles. The van der Waals surface area contributed by atoms with E-state index >= 15 is 0 Å². The molecule has 0 aromatic carbocycles. The van der Waals surface area contributed by atoms with Crippen molar-refractivity contribution in [2.45, 2.75) is 45.6 Å². The number of nitrogens with two attached hydrogens (primary N) is 1. The lowest BCUT2D eigenvalue weighted by Gasteiger charge is -2.39. The SMILES string of the molecule is CC1(C)CCCCC1Nc1ccc(N)nn1. The molecule has 0 radical (unpaired) electrons. The lowest BCUT2D eigenvalue weighted by Crippen LogP contribution is -2.39. The van der Waals surface area contributed by atoms with E-state index in [1.165, 1.54) is 25.7 Å². The smallest absolute Gasteiger partial charge is 0.149 e. The van der Waals surface area contributed by atoms with E-state index < -0.39 is 0 Å². The summed E-state index contributed by atoms with van der Waals surface area (Å²) in [5.74, 6) is 1.29. The summed E-state index contributed by atoms with van der Waals surface area (Å²) in [5, 5.41) is 11.4. The van der Waals surface area contributed by atoms with Crippen LogP contribution in [0.5, 0.6) is 0 Å². The number of hydrogen-bond donors (Lipinski definition) is 2. The fourth-order valence-electron chi connectivity index (χ4n) is 2.36. The summed E-state index contributed by atoms with van der Waals surface area (Å²) in [6.07, 6.45) is 5.11. The van der Waals surface area contributed by atoms with Gasteiger partial charge in [-0.3, -0.25) is 0 Å². The third-order valence-electron chi connectivity index (χ3n) is 3.51. The minimum absolute atomic E-state index is 0.335. The molecular formula is C12H20N4.